The molecule has 0 heterocycles. The predicted octanol–water partition coefficient (Wildman–Crippen LogP) is 6.58. The van der Waals surface area contributed by atoms with Crippen LogP contribution in [0.1, 0.15) is 44.7 Å². The van der Waals surface area contributed by atoms with Crippen LogP contribution in [0.15, 0.2) is 55.1 Å². The molecule has 2 aromatic carbocycles. The van der Waals surface area contributed by atoms with Crippen molar-refractivity contribution in [2.24, 2.45) is 0 Å². The molecule has 2 N–H and O–H groups in total. The fourth-order valence-corrected chi connectivity index (χ4v) is 2.93. The highest BCUT2D eigenvalue weighted by molar-refractivity contribution is 8.01. The van der Waals surface area contributed by atoms with E-state index in [1.54, 1.807) is 11.9 Å². The van der Waals surface area contributed by atoms with Crippen molar-refractivity contribution in [3.8, 4) is 0 Å². The van der Waals surface area contributed by atoms with Gasteiger partial charge in [0.15, 0.2) is 0 Å². The summed E-state index contributed by atoms with van der Waals surface area (Å²) in [5, 5.41) is 3.95. The smallest absolute Gasteiger partial charge is 0.0533 e. The molecule has 24 heavy (non-hydrogen) atoms. The maximum Gasteiger partial charge on any atom is 0.0533 e. The second kappa shape index (κ2) is 9.43. The van der Waals surface area contributed by atoms with E-state index in [2.05, 4.69) is 73.8 Å². The van der Waals surface area contributed by atoms with Gasteiger partial charge in [-0.05, 0) is 48.6 Å². The van der Waals surface area contributed by atoms with Crippen LogP contribution in [-0.4, -0.2) is 5.25 Å². The second-order valence-corrected chi connectivity index (χ2v) is 7.60. The summed E-state index contributed by atoms with van der Waals surface area (Å²) in [5.74, 6) is 0. The van der Waals surface area contributed by atoms with Crippen molar-refractivity contribution in [1.82, 2.24) is 0 Å². The van der Waals surface area contributed by atoms with Crippen molar-refractivity contribution < 1.29 is 0 Å². The van der Waals surface area contributed by atoms with Gasteiger partial charge in [-0.3, -0.25) is 0 Å². The topological polar surface area (TPSA) is 24.1 Å². The van der Waals surface area contributed by atoms with Gasteiger partial charge in [-0.2, -0.15) is 0 Å². The molecule has 2 nitrogen and oxygen atoms in total. The maximum absolute atomic E-state index is 4.22. The summed E-state index contributed by atoms with van der Waals surface area (Å²) in [7, 11) is 0. The van der Waals surface area contributed by atoms with E-state index in [4.69, 9.17) is 0 Å². The van der Waals surface area contributed by atoms with Crippen molar-refractivity contribution >= 4 is 29.0 Å². The second-order valence-electron chi connectivity index (χ2n) is 6.22. The molecule has 0 radical (unpaired) electrons. The summed E-state index contributed by atoms with van der Waals surface area (Å²) in [6.07, 6.45) is 3.62. The van der Waals surface area contributed by atoms with Gasteiger partial charge >= 0.3 is 0 Å². The van der Waals surface area contributed by atoms with Gasteiger partial charge in [0.05, 0.1) is 5.69 Å². The number of hydrogen-bond donors (Lipinski definition) is 2. The molecule has 2 rings (SSSR count). The molecule has 0 aromatic heterocycles. The molecule has 128 valence electrons. The first-order valence-corrected chi connectivity index (χ1v) is 9.54. The number of aryl methyl sites for hydroxylation is 1. The zero-order valence-corrected chi connectivity index (χ0v) is 15.7. The molecule has 0 aliphatic carbocycles. The predicted molar refractivity (Wildman–Crippen MR) is 111 cm³/mol. The van der Waals surface area contributed by atoms with Crippen LogP contribution in [0.2, 0.25) is 0 Å². The average Bonchev–Trinajstić information content (AvgIpc) is 2.59. The fourth-order valence-electron chi connectivity index (χ4n) is 2.39. The zero-order valence-electron chi connectivity index (χ0n) is 14.9. The Hall–Kier alpha value is -1.87. The number of para-hydroxylation sites is 1. The molecule has 0 saturated carbocycles. The standard InChI is InChI=1S/C21H28N2S/c1-5-6-9-18-12-14-19(15-13-18)22-17(4)20-10-7-8-11-21(20)23-24-16(2)3/h7-8,10-16,22-23H,4-6,9H2,1-3H3. The third-order valence-corrected chi connectivity index (χ3v) is 4.53. The van der Waals surface area contributed by atoms with Gasteiger partial charge in [-0.1, -0.05) is 64.1 Å². The van der Waals surface area contributed by atoms with Crippen molar-refractivity contribution in [2.75, 3.05) is 10.0 Å². The van der Waals surface area contributed by atoms with Crippen molar-refractivity contribution in [1.29, 1.82) is 0 Å². The molecule has 0 aliphatic rings. The van der Waals surface area contributed by atoms with Gasteiger partial charge in [-0.15, -0.1) is 0 Å². The Balaban J connectivity index is 2.04. The third-order valence-electron chi connectivity index (χ3n) is 3.72. The Morgan fingerprint density at radius 1 is 1.08 bits per heavy atom. The lowest BCUT2D eigenvalue weighted by Crippen LogP contribution is -2.02. The molecule has 0 amide bonds. The molecule has 0 fully saturated rings. The summed E-state index contributed by atoms with van der Waals surface area (Å²) in [4.78, 5) is 0. The first-order valence-electron chi connectivity index (χ1n) is 8.66. The number of nitrogens with one attached hydrogen (secondary N) is 2. The first kappa shape index (κ1) is 18.5. The van der Waals surface area contributed by atoms with E-state index in [9.17, 15) is 0 Å². The molecule has 3 heteroatoms. The van der Waals surface area contributed by atoms with E-state index in [-0.39, 0.29) is 0 Å². The van der Waals surface area contributed by atoms with E-state index < -0.39 is 0 Å². The molecule has 2 aromatic rings. The van der Waals surface area contributed by atoms with Gasteiger partial charge in [-0.25, -0.2) is 0 Å². The highest BCUT2D eigenvalue weighted by Gasteiger charge is 2.07. The lowest BCUT2D eigenvalue weighted by molar-refractivity contribution is 0.795. The molecule has 0 unspecified atom stereocenters. The molecule has 0 atom stereocenters. The lowest BCUT2D eigenvalue weighted by atomic mass is 10.1. The number of anilines is 2. The first-order chi connectivity index (χ1) is 11.6. The van der Waals surface area contributed by atoms with Crippen LogP contribution in [0.25, 0.3) is 5.70 Å². The van der Waals surface area contributed by atoms with Gasteiger partial charge in [0.25, 0.3) is 0 Å². The Bertz CT molecular complexity index is 647. The van der Waals surface area contributed by atoms with E-state index in [1.807, 2.05) is 12.1 Å². The van der Waals surface area contributed by atoms with Crippen LogP contribution < -0.4 is 10.0 Å². The summed E-state index contributed by atoms with van der Waals surface area (Å²) < 4.78 is 3.43. The minimum atomic E-state index is 0.523. The summed E-state index contributed by atoms with van der Waals surface area (Å²) >= 11 is 1.71. The lowest BCUT2D eigenvalue weighted by Gasteiger charge is -2.16. The van der Waals surface area contributed by atoms with Crippen LogP contribution in [0.5, 0.6) is 0 Å². The summed E-state index contributed by atoms with van der Waals surface area (Å²) in [5.41, 5.74) is 5.56. The number of hydrogen-bond acceptors (Lipinski definition) is 3. The van der Waals surface area contributed by atoms with Crippen LogP contribution in [0, 0.1) is 0 Å². The van der Waals surface area contributed by atoms with Crippen LogP contribution >= 0.6 is 11.9 Å². The largest absolute Gasteiger partial charge is 0.355 e. The van der Waals surface area contributed by atoms with Gasteiger partial charge < -0.3 is 10.0 Å². The average molecular weight is 341 g/mol. The quantitative estimate of drug-likeness (QED) is 0.504. The Labute approximate surface area is 150 Å². The normalized spacial score (nSPS) is 10.7. The molecule has 0 saturated heterocycles. The number of benzene rings is 2. The van der Waals surface area contributed by atoms with Crippen molar-refractivity contribution in [3.63, 3.8) is 0 Å². The van der Waals surface area contributed by atoms with Gasteiger partial charge in [0, 0.05) is 22.2 Å². The van der Waals surface area contributed by atoms with Gasteiger partial charge in [0.2, 0.25) is 0 Å². The Morgan fingerprint density at radius 3 is 2.46 bits per heavy atom. The monoisotopic (exact) mass is 340 g/mol. The van der Waals surface area contributed by atoms with E-state index in [0.29, 0.717) is 5.25 Å². The Kier molecular flexibility index (Phi) is 7.26. The fraction of sp³-hybridized carbons (Fsp3) is 0.333. The van der Waals surface area contributed by atoms with E-state index in [0.717, 1.165) is 29.1 Å². The molecule has 0 bridgehead atoms. The molecule has 0 spiro atoms. The van der Waals surface area contributed by atoms with Crippen LogP contribution in [-0.2, 0) is 6.42 Å². The van der Waals surface area contributed by atoms with Crippen molar-refractivity contribution in [3.05, 3.63) is 66.2 Å². The molecular formula is C21H28N2S. The van der Waals surface area contributed by atoms with Crippen LogP contribution in [0.4, 0.5) is 11.4 Å². The highest BCUT2D eigenvalue weighted by Crippen LogP contribution is 2.27. The third kappa shape index (κ3) is 5.64. The van der Waals surface area contributed by atoms with E-state index in [1.165, 1.54) is 18.4 Å². The summed E-state index contributed by atoms with van der Waals surface area (Å²) in [6.45, 7) is 10.8. The SMILES string of the molecule is C=C(Nc1ccc(CCCC)cc1)c1ccccc1NSC(C)C. The Morgan fingerprint density at radius 2 is 1.79 bits per heavy atom. The van der Waals surface area contributed by atoms with Crippen molar-refractivity contribution in [2.45, 2.75) is 45.3 Å². The molecule has 0 aliphatic heterocycles. The number of rotatable bonds is 9. The molecular weight excluding hydrogens is 312 g/mol. The van der Waals surface area contributed by atoms with Crippen LogP contribution in [0.3, 0.4) is 0 Å². The highest BCUT2D eigenvalue weighted by atomic mass is 32.2. The zero-order chi connectivity index (χ0) is 17.4. The summed E-state index contributed by atoms with van der Waals surface area (Å²) in [6, 6.07) is 16.9. The minimum Gasteiger partial charge on any atom is -0.355 e. The minimum absolute atomic E-state index is 0.523. The number of unbranched alkanes of at least 4 members (excludes halogenated alkanes) is 1. The van der Waals surface area contributed by atoms with E-state index >= 15 is 0 Å². The van der Waals surface area contributed by atoms with Gasteiger partial charge in [0.1, 0.15) is 0 Å². The maximum atomic E-state index is 4.22.